The molecule has 0 amide bonds. The first kappa shape index (κ1) is 16.4. The summed E-state index contributed by atoms with van der Waals surface area (Å²) in [7, 11) is 0.576. The number of benzene rings is 1. The summed E-state index contributed by atoms with van der Waals surface area (Å²) in [6.07, 6.45) is 0.821. The molecule has 0 spiro atoms. The van der Waals surface area contributed by atoms with E-state index in [-0.39, 0.29) is 5.41 Å². The van der Waals surface area contributed by atoms with Gasteiger partial charge in [-0.1, -0.05) is 19.1 Å². The zero-order valence-corrected chi connectivity index (χ0v) is 13.9. The minimum atomic E-state index is -3.40. The molecule has 1 aromatic carbocycles. The van der Waals surface area contributed by atoms with Gasteiger partial charge >= 0.3 is 0 Å². The van der Waals surface area contributed by atoms with Crippen molar-refractivity contribution in [2.45, 2.75) is 24.8 Å². The maximum Gasteiger partial charge on any atom is 0.243 e. The van der Waals surface area contributed by atoms with Gasteiger partial charge < -0.3 is 10.6 Å². The first-order chi connectivity index (χ1) is 9.77. The van der Waals surface area contributed by atoms with Crippen LogP contribution in [0.2, 0.25) is 0 Å². The normalized spacial score (nSPS) is 23.9. The van der Waals surface area contributed by atoms with E-state index in [9.17, 15) is 8.42 Å². The zero-order chi connectivity index (χ0) is 15.7. The number of hydrogen-bond donors (Lipinski definition) is 1. The van der Waals surface area contributed by atoms with Crippen LogP contribution in [0.15, 0.2) is 29.2 Å². The van der Waals surface area contributed by atoms with Crippen molar-refractivity contribution in [3.05, 3.63) is 29.8 Å². The van der Waals surface area contributed by atoms with Gasteiger partial charge in [0.1, 0.15) is 0 Å². The van der Waals surface area contributed by atoms with E-state index < -0.39 is 10.0 Å². The Bertz CT molecular complexity index is 583. The van der Waals surface area contributed by atoms with Gasteiger partial charge in [-0.15, -0.1) is 0 Å². The third-order valence-electron chi connectivity index (χ3n) is 4.08. The molecule has 2 N–H and O–H groups in total. The van der Waals surface area contributed by atoms with E-state index >= 15 is 0 Å². The first-order valence-electron chi connectivity index (χ1n) is 7.21. The van der Waals surface area contributed by atoms with E-state index in [4.69, 9.17) is 5.73 Å². The number of hydrogen-bond acceptors (Lipinski definition) is 4. The Morgan fingerprint density at radius 2 is 1.90 bits per heavy atom. The molecule has 0 radical (unpaired) electrons. The Hall–Kier alpha value is -0.950. The fourth-order valence-corrected chi connectivity index (χ4v) is 4.22. The summed E-state index contributed by atoms with van der Waals surface area (Å²) in [6.45, 7) is 4.42. The molecule has 0 aliphatic carbocycles. The lowest BCUT2D eigenvalue weighted by atomic mass is 9.90. The summed E-state index contributed by atoms with van der Waals surface area (Å²) in [4.78, 5) is 2.42. The van der Waals surface area contributed by atoms with Crippen LogP contribution < -0.4 is 5.73 Å². The zero-order valence-electron chi connectivity index (χ0n) is 13.0. The first-order valence-corrected chi connectivity index (χ1v) is 8.65. The Morgan fingerprint density at radius 3 is 2.38 bits per heavy atom. The Kier molecular flexibility index (Phi) is 4.72. The second kappa shape index (κ2) is 6.04. The van der Waals surface area contributed by atoms with Gasteiger partial charge in [0.05, 0.1) is 4.90 Å². The van der Waals surface area contributed by atoms with Crippen LogP contribution in [-0.4, -0.2) is 51.4 Å². The molecule has 1 aliphatic heterocycles. The standard InChI is InChI=1S/C15H25N3O2S/c1-15(11-16)8-9-18(12-15)21(19,20)14-6-4-13(5-7-14)10-17(2)3/h4-7H,8-12,16H2,1-3H3. The van der Waals surface area contributed by atoms with Gasteiger partial charge in [0.25, 0.3) is 0 Å². The van der Waals surface area contributed by atoms with Crippen LogP contribution in [0.1, 0.15) is 18.9 Å². The molecular formula is C15H25N3O2S. The van der Waals surface area contributed by atoms with Crippen molar-refractivity contribution in [3.63, 3.8) is 0 Å². The van der Waals surface area contributed by atoms with Crippen molar-refractivity contribution in [2.75, 3.05) is 33.7 Å². The second-order valence-electron chi connectivity index (χ2n) is 6.49. The van der Waals surface area contributed by atoms with Gasteiger partial charge in [-0.05, 0) is 50.2 Å². The van der Waals surface area contributed by atoms with Gasteiger partial charge in [0.15, 0.2) is 0 Å². The molecule has 1 saturated heterocycles. The van der Waals surface area contributed by atoms with E-state index in [0.717, 1.165) is 18.5 Å². The highest BCUT2D eigenvalue weighted by Gasteiger charge is 2.38. The third kappa shape index (κ3) is 3.63. The Labute approximate surface area is 127 Å². The molecule has 0 bridgehead atoms. The monoisotopic (exact) mass is 311 g/mol. The highest BCUT2D eigenvalue weighted by molar-refractivity contribution is 7.89. The summed E-state index contributed by atoms with van der Waals surface area (Å²) >= 11 is 0. The van der Waals surface area contributed by atoms with Gasteiger partial charge in [-0.2, -0.15) is 4.31 Å². The van der Waals surface area contributed by atoms with Gasteiger partial charge in [-0.25, -0.2) is 8.42 Å². The fourth-order valence-electron chi connectivity index (χ4n) is 2.63. The molecule has 21 heavy (non-hydrogen) atoms. The van der Waals surface area contributed by atoms with E-state index in [1.54, 1.807) is 16.4 Å². The van der Waals surface area contributed by atoms with Crippen molar-refractivity contribution in [1.82, 2.24) is 9.21 Å². The fraction of sp³-hybridized carbons (Fsp3) is 0.600. The van der Waals surface area contributed by atoms with Crippen LogP contribution in [0.3, 0.4) is 0 Å². The van der Waals surface area contributed by atoms with Crippen molar-refractivity contribution in [3.8, 4) is 0 Å². The lowest BCUT2D eigenvalue weighted by molar-refractivity contribution is 0.349. The Balaban J connectivity index is 2.17. The molecule has 0 aromatic heterocycles. The van der Waals surface area contributed by atoms with E-state index in [0.29, 0.717) is 24.5 Å². The molecule has 1 atom stereocenters. The third-order valence-corrected chi connectivity index (χ3v) is 5.93. The average Bonchev–Trinajstić information content (AvgIpc) is 2.83. The number of nitrogens with two attached hydrogens (primary N) is 1. The minimum absolute atomic E-state index is 0.0993. The predicted octanol–water partition coefficient (Wildman–Crippen LogP) is 1.11. The quantitative estimate of drug-likeness (QED) is 0.884. The lowest BCUT2D eigenvalue weighted by Crippen LogP contribution is -2.34. The van der Waals surface area contributed by atoms with Gasteiger partial charge in [0.2, 0.25) is 10.0 Å². The van der Waals surface area contributed by atoms with Crippen LogP contribution in [0, 0.1) is 5.41 Å². The Morgan fingerprint density at radius 1 is 1.29 bits per heavy atom. The van der Waals surface area contributed by atoms with E-state index in [1.165, 1.54) is 0 Å². The summed E-state index contributed by atoms with van der Waals surface area (Å²) in [5.41, 5.74) is 6.76. The lowest BCUT2D eigenvalue weighted by Gasteiger charge is -2.22. The van der Waals surface area contributed by atoms with Gasteiger partial charge in [-0.3, -0.25) is 0 Å². The topological polar surface area (TPSA) is 66.6 Å². The van der Waals surface area contributed by atoms with Crippen molar-refractivity contribution in [2.24, 2.45) is 11.1 Å². The average molecular weight is 311 g/mol. The molecule has 118 valence electrons. The van der Waals surface area contributed by atoms with Gasteiger partial charge in [0, 0.05) is 19.6 Å². The highest BCUT2D eigenvalue weighted by atomic mass is 32.2. The van der Waals surface area contributed by atoms with Crippen molar-refractivity contribution < 1.29 is 8.42 Å². The highest BCUT2D eigenvalue weighted by Crippen LogP contribution is 2.32. The van der Waals surface area contributed by atoms with Crippen LogP contribution in [0.25, 0.3) is 0 Å². The molecule has 6 heteroatoms. The maximum atomic E-state index is 12.6. The minimum Gasteiger partial charge on any atom is -0.330 e. The molecular weight excluding hydrogens is 286 g/mol. The summed E-state index contributed by atoms with van der Waals surface area (Å²) < 4.78 is 26.8. The second-order valence-corrected chi connectivity index (χ2v) is 8.42. The maximum absolute atomic E-state index is 12.6. The van der Waals surface area contributed by atoms with E-state index in [2.05, 4.69) is 4.90 Å². The number of nitrogens with zero attached hydrogens (tertiary/aromatic N) is 2. The molecule has 1 unspecified atom stereocenters. The smallest absolute Gasteiger partial charge is 0.243 e. The van der Waals surface area contributed by atoms with Crippen LogP contribution in [0.5, 0.6) is 0 Å². The molecule has 2 rings (SSSR count). The number of rotatable bonds is 5. The van der Waals surface area contributed by atoms with E-state index in [1.807, 2.05) is 33.2 Å². The molecule has 0 saturated carbocycles. The molecule has 1 aromatic rings. The largest absolute Gasteiger partial charge is 0.330 e. The van der Waals surface area contributed by atoms with Crippen molar-refractivity contribution >= 4 is 10.0 Å². The van der Waals surface area contributed by atoms with Crippen LogP contribution in [-0.2, 0) is 16.6 Å². The predicted molar refractivity (Wildman–Crippen MR) is 84.4 cm³/mol. The summed E-state index contributed by atoms with van der Waals surface area (Å²) in [5, 5.41) is 0. The van der Waals surface area contributed by atoms with Crippen LogP contribution in [0.4, 0.5) is 0 Å². The summed E-state index contributed by atoms with van der Waals surface area (Å²) in [6, 6.07) is 7.16. The SMILES string of the molecule is CN(C)Cc1ccc(S(=O)(=O)N2CCC(C)(CN)C2)cc1. The molecule has 1 aliphatic rings. The molecule has 1 heterocycles. The molecule has 1 fully saturated rings. The molecule has 5 nitrogen and oxygen atoms in total. The van der Waals surface area contributed by atoms with Crippen LogP contribution >= 0.6 is 0 Å². The number of sulfonamides is 1. The van der Waals surface area contributed by atoms with Crippen molar-refractivity contribution in [1.29, 1.82) is 0 Å². The summed E-state index contributed by atoms with van der Waals surface area (Å²) in [5.74, 6) is 0.